The van der Waals surface area contributed by atoms with Gasteiger partial charge in [-0.25, -0.2) is 4.39 Å². The van der Waals surface area contributed by atoms with Crippen molar-refractivity contribution >= 4 is 15.9 Å². The Bertz CT molecular complexity index is 591. The first-order valence-electron chi connectivity index (χ1n) is 6.87. The molecule has 0 fully saturated rings. The number of rotatable bonds is 3. The molecule has 1 nitrogen and oxygen atoms in total. The van der Waals surface area contributed by atoms with E-state index in [4.69, 9.17) is 4.74 Å². The van der Waals surface area contributed by atoms with E-state index in [0.29, 0.717) is 6.61 Å². The van der Waals surface area contributed by atoms with E-state index in [9.17, 15) is 4.39 Å². The lowest BCUT2D eigenvalue weighted by atomic mass is 9.89. The standard InChI is InChI=1S/C17H16BrFO/c18-14-8-12(9-15(19)10-14)11-20-17-7-3-5-13-4-1-2-6-16(13)17/h1-2,4,6,8-10,17H,3,5,7,11H2. The molecule has 0 saturated carbocycles. The van der Waals surface area contributed by atoms with E-state index in [-0.39, 0.29) is 11.9 Å². The normalized spacial score (nSPS) is 17.8. The first-order chi connectivity index (χ1) is 9.72. The summed E-state index contributed by atoms with van der Waals surface area (Å²) in [6, 6.07) is 13.3. The minimum atomic E-state index is -0.234. The predicted octanol–water partition coefficient (Wildman–Crippen LogP) is 5.18. The maximum atomic E-state index is 13.3. The lowest BCUT2D eigenvalue weighted by molar-refractivity contribution is 0.0281. The van der Waals surface area contributed by atoms with Crippen molar-refractivity contribution in [2.75, 3.05) is 0 Å². The van der Waals surface area contributed by atoms with Gasteiger partial charge in [0.25, 0.3) is 0 Å². The van der Waals surface area contributed by atoms with Gasteiger partial charge in [-0.3, -0.25) is 0 Å². The third-order valence-corrected chi connectivity index (χ3v) is 4.15. The Balaban J connectivity index is 1.73. The maximum absolute atomic E-state index is 13.3. The topological polar surface area (TPSA) is 9.23 Å². The zero-order valence-electron chi connectivity index (χ0n) is 11.1. The quantitative estimate of drug-likeness (QED) is 0.751. The predicted molar refractivity (Wildman–Crippen MR) is 81.0 cm³/mol. The highest BCUT2D eigenvalue weighted by Crippen LogP contribution is 2.33. The Kier molecular flexibility index (Phi) is 4.18. The first-order valence-corrected chi connectivity index (χ1v) is 7.66. The van der Waals surface area contributed by atoms with Crippen molar-refractivity contribution in [3.8, 4) is 0 Å². The van der Waals surface area contributed by atoms with Gasteiger partial charge in [-0.05, 0) is 54.2 Å². The summed E-state index contributed by atoms with van der Waals surface area (Å²) in [6.45, 7) is 0.440. The maximum Gasteiger partial charge on any atom is 0.124 e. The fourth-order valence-electron chi connectivity index (χ4n) is 2.77. The van der Waals surface area contributed by atoms with E-state index in [1.54, 1.807) is 0 Å². The van der Waals surface area contributed by atoms with E-state index in [2.05, 4.69) is 40.2 Å². The minimum absolute atomic E-state index is 0.127. The summed E-state index contributed by atoms with van der Waals surface area (Å²) in [6.07, 6.45) is 3.44. The van der Waals surface area contributed by atoms with Crippen LogP contribution < -0.4 is 0 Å². The summed E-state index contributed by atoms with van der Waals surface area (Å²) in [5.41, 5.74) is 3.53. The van der Waals surface area contributed by atoms with Crippen molar-refractivity contribution < 1.29 is 9.13 Å². The molecule has 0 aromatic heterocycles. The average molecular weight is 335 g/mol. The third kappa shape index (κ3) is 3.10. The molecular weight excluding hydrogens is 319 g/mol. The molecule has 0 radical (unpaired) electrons. The molecule has 0 amide bonds. The molecule has 0 spiro atoms. The van der Waals surface area contributed by atoms with Gasteiger partial charge in [-0.1, -0.05) is 40.2 Å². The Morgan fingerprint density at radius 2 is 2.05 bits per heavy atom. The van der Waals surface area contributed by atoms with Gasteiger partial charge < -0.3 is 4.74 Å². The van der Waals surface area contributed by atoms with Crippen molar-refractivity contribution in [1.82, 2.24) is 0 Å². The smallest absolute Gasteiger partial charge is 0.124 e. The van der Waals surface area contributed by atoms with Gasteiger partial charge in [0, 0.05) is 4.47 Å². The van der Waals surface area contributed by atoms with Crippen LogP contribution in [0.5, 0.6) is 0 Å². The van der Waals surface area contributed by atoms with E-state index in [0.717, 1.165) is 29.3 Å². The highest BCUT2D eigenvalue weighted by atomic mass is 79.9. The van der Waals surface area contributed by atoms with Crippen LogP contribution in [0.25, 0.3) is 0 Å². The average Bonchev–Trinajstić information content (AvgIpc) is 2.44. The monoisotopic (exact) mass is 334 g/mol. The number of halogens is 2. The van der Waals surface area contributed by atoms with Crippen LogP contribution in [0.3, 0.4) is 0 Å². The second-order valence-corrected chi connectivity index (χ2v) is 6.08. The summed E-state index contributed by atoms with van der Waals surface area (Å²) in [7, 11) is 0. The zero-order chi connectivity index (χ0) is 13.9. The molecule has 2 aromatic rings. The van der Waals surface area contributed by atoms with Crippen LogP contribution in [0, 0.1) is 5.82 Å². The molecule has 2 aromatic carbocycles. The Labute approximate surface area is 126 Å². The fourth-order valence-corrected chi connectivity index (χ4v) is 3.29. The SMILES string of the molecule is Fc1cc(Br)cc(COC2CCCc3ccccc32)c1. The van der Waals surface area contributed by atoms with Gasteiger partial charge in [0.15, 0.2) is 0 Å². The van der Waals surface area contributed by atoms with E-state index >= 15 is 0 Å². The molecule has 0 bridgehead atoms. The molecule has 0 saturated heterocycles. The van der Waals surface area contributed by atoms with Crippen LogP contribution in [0.4, 0.5) is 4.39 Å². The van der Waals surface area contributed by atoms with Gasteiger partial charge in [-0.2, -0.15) is 0 Å². The second-order valence-electron chi connectivity index (χ2n) is 5.17. The molecule has 1 aliphatic rings. The van der Waals surface area contributed by atoms with Crippen molar-refractivity contribution in [2.45, 2.75) is 32.0 Å². The van der Waals surface area contributed by atoms with Crippen LogP contribution >= 0.6 is 15.9 Å². The van der Waals surface area contributed by atoms with Gasteiger partial charge >= 0.3 is 0 Å². The van der Waals surface area contributed by atoms with Gasteiger partial charge in [-0.15, -0.1) is 0 Å². The molecule has 0 N–H and O–H groups in total. The molecule has 20 heavy (non-hydrogen) atoms. The van der Waals surface area contributed by atoms with E-state index in [1.165, 1.54) is 23.3 Å². The summed E-state index contributed by atoms with van der Waals surface area (Å²) in [5, 5.41) is 0. The Hall–Kier alpha value is -1.19. The van der Waals surface area contributed by atoms with E-state index < -0.39 is 0 Å². The molecule has 0 aliphatic heterocycles. The fraction of sp³-hybridized carbons (Fsp3) is 0.294. The number of benzene rings is 2. The van der Waals surface area contributed by atoms with Gasteiger partial charge in [0.05, 0.1) is 12.7 Å². The molecule has 1 unspecified atom stereocenters. The van der Waals surface area contributed by atoms with Crippen molar-refractivity contribution in [1.29, 1.82) is 0 Å². The van der Waals surface area contributed by atoms with Crippen LogP contribution in [-0.4, -0.2) is 0 Å². The number of aryl methyl sites for hydroxylation is 1. The van der Waals surface area contributed by atoms with Gasteiger partial charge in [0.1, 0.15) is 5.82 Å². The number of ether oxygens (including phenoxy) is 1. The Morgan fingerprint density at radius 1 is 1.20 bits per heavy atom. The summed E-state index contributed by atoms with van der Waals surface area (Å²) >= 11 is 3.31. The lowest BCUT2D eigenvalue weighted by Crippen LogP contribution is -2.12. The second kappa shape index (κ2) is 6.06. The van der Waals surface area contributed by atoms with Crippen molar-refractivity contribution in [3.05, 3.63) is 69.4 Å². The largest absolute Gasteiger partial charge is 0.369 e. The van der Waals surface area contributed by atoms with Crippen LogP contribution in [0.2, 0.25) is 0 Å². The lowest BCUT2D eigenvalue weighted by Gasteiger charge is -2.25. The number of hydrogen-bond donors (Lipinski definition) is 0. The van der Waals surface area contributed by atoms with Crippen LogP contribution in [0.15, 0.2) is 46.9 Å². The molecule has 1 aliphatic carbocycles. The Morgan fingerprint density at radius 3 is 2.90 bits per heavy atom. The molecule has 3 heteroatoms. The van der Waals surface area contributed by atoms with Crippen molar-refractivity contribution in [3.63, 3.8) is 0 Å². The number of hydrogen-bond acceptors (Lipinski definition) is 1. The number of fused-ring (bicyclic) bond motifs is 1. The van der Waals surface area contributed by atoms with Crippen LogP contribution in [-0.2, 0) is 17.8 Å². The van der Waals surface area contributed by atoms with Crippen molar-refractivity contribution in [2.24, 2.45) is 0 Å². The highest BCUT2D eigenvalue weighted by Gasteiger charge is 2.20. The summed E-state index contributed by atoms with van der Waals surface area (Å²) < 4.78 is 20.1. The molecular formula is C17H16BrFO. The van der Waals surface area contributed by atoms with Gasteiger partial charge in [0.2, 0.25) is 0 Å². The molecule has 104 valence electrons. The highest BCUT2D eigenvalue weighted by molar-refractivity contribution is 9.10. The zero-order valence-corrected chi connectivity index (χ0v) is 12.7. The molecule has 3 rings (SSSR count). The summed E-state index contributed by atoms with van der Waals surface area (Å²) in [5.74, 6) is -0.234. The van der Waals surface area contributed by atoms with Crippen LogP contribution in [0.1, 0.15) is 35.6 Å². The first kappa shape index (κ1) is 13.8. The van der Waals surface area contributed by atoms with E-state index in [1.807, 2.05) is 6.07 Å². The molecule has 0 heterocycles. The third-order valence-electron chi connectivity index (χ3n) is 3.69. The summed E-state index contributed by atoms with van der Waals surface area (Å²) in [4.78, 5) is 0. The minimum Gasteiger partial charge on any atom is -0.369 e. The molecule has 1 atom stereocenters.